The lowest BCUT2D eigenvalue weighted by Crippen LogP contribution is -2.06. The molecule has 0 aliphatic rings. The molecule has 0 aliphatic heterocycles. The molecule has 0 amide bonds. The van der Waals surface area contributed by atoms with Crippen LogP contribution >= 0.6 is 0 Å². The largest absolute Gasteiger partial charge is 0.481 e. The summed E-state index contributed by atoms with van der Waals surface area (Å²) in [5.74, 6) is -0.283. The van der Waals surface area contributed by atoms with Crippen LogP contribution in [-0.4, -0.2) is 34.5 Å². The molecule has 0 aromatic carbocycles. The Morgan fingerprint density at radius 1 is 0.750 bits per heavy atom. The van der Waals surface area contributed by atoms with Gasteiger partial charge in [-0.15, -0.1) is 0 Å². The minimum atomic E-state index is -0.702. The minimum Gasteiger partial charge on any atom is -0.481 e. The van der Waals surface area contributed by atoms with Gasteiger partial charge in [-0.05, 0) is 31.6 Å². The average Bonchev–Trinajstić information content (AvgIpc) is 2.43. The summed E-state index contributed by atoms with van der Waals surface area (Å²) in [6.45, 7) is 0.560. The van der Waals surface area contributed by atoms with E-state index in [0.717, 1.165) is 70.6 Å². The molecule has 0 saturated carbocycles. The zero-order valence-corrected chi connectivity index (χ0v) is 12.7. The summed E-state index contributed by atoms with van der Waals surface area (Å²) < 4.78 is 0. The van der Waals surface area contributed by atoms with Crippen LogP contribution in [0.2, 0.25) is 0 Å². The number of aliphatic hydroxyl groups is 2. The van der Waals surface area contributed by atoms with Gasteiger partial charge < -0.3 is 15.3 Å². The van der Waals surface area contributed by atoms with Gasteiger partial charge in [0, 0.05) is 19.6 Å². The maximum atomic E-state index is 10.3. The minimum absolute atomic E-state index is 0.277. The smallest absolute Gasteiger partial charge is 0.303 e. The third-order valence-electron chi connectivity index (χ3n) is 3.78. The molecule has 0 fully saturated rings. The van der Waals surface area contributed by atoms with Gasteiger partial charge in [0.15, 0.2) is 0 Å². The van der Waals surface area contributed by atoms with Gasteiger partial charge in [-0.25, -0.2) is 0 Å². The van der Waals surface area contributed by atoms with Crippen molar-refractivity contribution in [2.45, 2.75) is 77.0 Å². The van der Waals surface area contributed by atoms with Crippen molar-refractivity contribution in [2.24, 2.45) is 5.92 Å². The van der Waals surface area contributed by atoms with Crippen LogP contribution in [0.5, 0.6) is 0 Å². The standard InChI is InChI=1S/C16H32O4/c17-13-9-5-4-7-11-15(14-18)10-6-2-1-3-8-12-16(19)20/h15,17-18H,1-14H2,(H,19,20). The van der Waals surface area contributed by atoms with Crippen molar-refractivity contribution < 1.29 is 20.1 Å². The molecule has 0 aromatic heterocycles. The zero-order valence-electron chi connectivity index (χ0n) is 12.7. The SMILES string of the molecule is O=C(O)CCCCCCCC(CO)CCCCCCO. The van der Waals surface area contributed by atoms with Crippen LogP contribution in [0.15, 0.2) is 0 Å². The fourth-order valence-corrected chi connectivity index (χ4v) is 2.46. The number of aliphatic carboxylic acids is 1. The van der Waals surface area contributed by atoms with Crippen molar-refractivity contribution in [3.05, 3.63) is 0 Å². The Labute approximate surface area is 123 Å². The highest BCUT2D eigenvalue weighted by molar-refractivity contribution is 5.66. The van der Waals surface area contributed by atoms with Crippen molar-refractivity contribution in [3.8, 4) is 0 Å². The lowest BCUT2D eigenvalue weighted by atomic mass is 9.95. The van der Waals surface area contributed by atoms with E-state index >= 15 is 0 Å². The van der Waals surface area contributed by atoms with E-state index in [1.165, 1.54) is 0 Å². The van der Waals surface area contributed by atoms with E-state index in [1.807, 2.05) is 0 Å². The van der Waals surface area contributed by atoms with Gasteiger partial charge in [0.2, 0.25) is 0 Å². The van der Waals surface area contributed by atoms with Crippen LogP contribution in [0.1, 0.15) is 77.0 Å². The highest BCUT2D eigenvalue weighted by Crippen LogP contribution is 2.18. The quantitative estimate of drug-likeness (QED) is 0.404. The van der Waals surface area contributed by atoms with Gasteiger partial charge in [-0.3, -0.25) is 4.79 Å². The molecule has 0 heterocycles. The van der Waals surface area contributed by atoms with Crippen molar-refractivity contribution in [1.82, 2.24) is 0 Å². The van der Waals surface area contributed by atoms with Crippen molar-refractivity contribution in [2.75, 3.05) is 13.2 Å². The van der Waals surface area contributed by atoms with Gasteiger partial charge in [0.1, 0.15) is 0 Å². The first kappa shape index (κ1) is 19.4. The molecular weight excluding hydrogens is 256 g/mol. The molecular formula is C16H32O4. The molecule has 1 atom stereocenters. The Morgan fingerprint density at radius 2 is 1.25 bits per heavy atom. The Hall–Kier alpha value is -0.610. The van der Waals surface area contributed by atoms with Crippen molar-refractivity contribution >= 4 is 5.97 Å². The van der Waals surface area contributed by atoms with Gasteiger partial charge in [0.05, 0.1) is 0 Å². The summed E-state index contributed by atoms with van der Waals surface area (Å²) in [7, 11) is 0. The predicted octanol–water partition coefficient (Wildman–Crippen LogP) is 3.35. The van der Waals surface area contributed by atoms with Gasteiger partial charge in [-0.1, -0.05) is 44.9 Å². The lowest BCUT2D eigenvalue weighted by Gasteiger charge is -2.13. The number of hydrogen-bond donors (Lipinski definition) is 3. The molecule has 4 heteroatoms. The third-order valence-corrected chi connectivity index (χ3v) is 3.78. The monoisotopic (exact) mass is 288 g/mol. The van der Waals surface area contributed by atoms with Crippen LogP contribution in [0.4, 0.5) is 0 Å². The van der Waals surface area contributed by atoms with E-state index < -0.39 is 5.97 Å². The lowest BCUT2D eigenvalue weighted by molar-refractivity contribution is -0.137. The van der Waals surface area contributed by atoms with E-state index in [0.29, 0.717) is 5.92 Å². The number of carbonyl (C=O) groups is 1. The van der Waals surface area contributed by atoms with Crippen molar-refractivity contribution in [1.29, 1.82) is 0 Å². The fourth-order valence-electron chi connectivity index (χ4n) is 2.46. The molecule has 4 nitrogen and oxygen atoms in total. The maximum absolute atomic E-state index is 10.3. The molecule has 20 heavy (non-hydrogen) atoms. The third kappa shape index (κ3) is 13.8. The molecule has 0 radical (unpaired) electrons. The Bertz CT molecular complexity index is 219. The molecule has 0 rings (SSSR count). The van der Waals surface area contributed by atoms with Crippen molar-refractivity contribution in [3.63, 3.8) is 0 Å². The second-order valence-electron chi connectivity index (χ2n) is 5.68. The fraction of sp³-hybridized carbons (Fsp3) is 0.938. The molecule has 0 aromatic rings. The normalized spacial score (nSPS) is 12.5. The Morgan fingerprint density at radius 3 is 1.75 bits per heavy atom. The highest BCUT2D eigenvalue weighted by atomic mass is 16.4. The first-order valence-electron chi connectivity index (χ1n) is 8.14. The van der Waals surface area contributed by atoms with Gasteiger partial charge in [0.25, 0.3) is 0 Å². The second-order valence-corrected chi connectivity index (χ2v) is 5.68. The maximum Gasteiger partial charge on any atom is 0.303 e. The van der Waals surface area contributed by atoms with Crippen LogP contribution < -0.4 is 0 Å². The summed E-state index contributed by atoms with van der Waals surface area (Å²) in [5.41, 5.74) is 0. The molecule has 0 aliphatic carbocycles. The summed E-state index contributed by atoms with van der Waals surface area (Å²) in [5, 5.41) is 26.5. The first-order chi connectivity index (χ1) is 9.70. The number of carboxylic acids is 1. The number of hydrogen-bond acceptors (Lipinski definition) is 3. The van der Waals surface area contributed by atoms with Gasteiger partial charge >= 0.3 is 5.97 Å². The number of carboxylic acid groups (broad SMARTS) is 1. The highest BCUT2D eigenvalue weighted by Gasteiger charge is 2.07. The molecule has 120 valence electrons. The van der Waals surface area contributed by atoms with Crippen LogP contribution in [-0.2, 0) is 4.79 Å². The van der Waals surface area contributed by atoms with E-state index in [1.54, 1.807) is 0 Å². The average molecular weight is 288 g/mol. The predicted molar refractivity (Wildman–Crippen MR) is 80.7 cm³/mol. The van der Waals surface area contributed by atoms with E-state index in [2.05, 4.69) is 0 Å². The zero-order chi connectivity index (χ0) is 15.1. The summed E-state index contributed by atoms with van der Waals surface area (Å²) >= 11 is 0. The van der Waals surface area contributed by atoms with Crippen LogP contribution in [0.3, 0.4) is 0 Å². The number of aliphatic hydroxyl groups excluding tert-OH is 2. The summed E-state index contributed by atoms with van der Waals surface area (Å²) in [6.07, 6.45) is 11.9. The molecule has 1 unspecified atom stereocenters. The molecule has 3 N–H and O–H groups in total. The van der Waals surface area contributed by atoms with E-state index in [9.17, 15) is 9.90 Å². The number of rotatable bonds is 15. The number of unbranched alkanes of at least 4 members (excludes halogenated alkanes) is 7. The first-order valence-corrected chi connectivity index (χ1v) is 8.14. The van der Waals surface area contributed by atoms with E-state index in [-0.39, 0.29) is 19.6 Å². The Kier molecular flexibility index (Phi) is 14.3. The molecule has 0 spiro atoms. The Balaban J connectivity index is 3.34. The van der Waals surface area contributed by atoms with Crippen LogP contribution in [0.25, 0.3) is 0 Å². The van der Waals surface area contributed by atoms with E-state index in [4.69, 9.17) is 10.2 Å². The van der Waals surface area contributed by atoms with Crippen LogP contribution in [0, 0.1) is 5.92 Å². The topological polar surface area (TPSA) is 77.8 Å². The molecule has 0 saturated heterocycles. The van der Waals surface area contributed by atoms with Gasteiger partial charge in [-0.2, -0.15) is 0 Å². The summed E-state index contributed by atoms with van der Waals surface area (Å²) in [4.78, 5) is 10.3. The second kappa shape index (κ2) is 14.8. The molecule has 0 bridgehead atoms. The summed E-state index contributed by atoms with van der Waals surface area (Å²) in [6, 6.07) is 0.